The van der Waals surface area contributed by atoms with E-state index in [2.05, 4.69) is 15.9 Å². The van der Waals surface area contributed by atoms with E-state index < -0.39 is 19.9 Å². The van der Waals surface area contributed by atoms with E-state index in [4.69, 9.17) is 5.73 Å². The summed E-state index contributed by atoms with van der Waals surface area (Å²) >= 11 is 3.26. The van der Waals surface area contributed by atoms with Gasteiger partial charge in [-0.25, -0.2) is 16.8 Å². The summed E-state index contributed by atoms with van der Waals surface area (Å²) in [5, 5.41) is 0. The van der Waals surface area contributed by atoms with Crippen molar-refractivity contribution in [3.8, 4) is 0 Å². The van der Waals surface area contributed by atoms with Crippen LogP contribution in [0, 0.1) is 6.92 Å². The first kappa shape index (κ1) is 16.7. The van der Waals surface area contributed by atoms with Crippen LogP contribution in [-0.4, -0.2) is 45.7 Å². The highest BCUT2D eigenvalue weighted by Gasteiger charge is 2.30. The summed E-state index contributed by atoms with van der Waals surface area (Å²) in [5.74, 6) is -0.113. The molecule has 1 aliphatic rings. The molecule has 0 bridgehead atoms. The molecule has 0 aliphatic carbocycles. The van der Waals surface area contributed by atoms with Gasteiger partial charge in [-0.2, -0.15) is 4.31 Å². The summed E-state index contributed by atoms with van der Waals surface area (Å²) in [6.45, 7) is 1.88. The van der Waals surface area contributed by atoms with Crippen LogP contribution in [0.3, 0.4) is 0 Å². The summed E-state index contributed by atoms with van der Waals surface area (Å²) in [6, 6.07) is 3.06. The molecule has 2 N–H and O–H groups in total. The molecule has 1 aliphatic heterocycles. The zero-order valence-electron chi connectivity index (χ0n) is 11.5. The van der Waals surface area contributed by atoms with Crippen molar-refractivity contribution in [1.29, 1.82) is 0 Å². The van der Waals surface area contributed by atoms with Crippen LogP contribution in [-0.2, 0) is 19.9 Å². The second kappa shape index (κ2) is 5.86. The number of anilines is 1. The van der Waals surface area contributed by atoms with E-state index in [0.717, 1.165) is 0 Å². The summed E-state index contributed by atoms with van der Waals surface area (Å²) in [5.41, 5.74) is 6.67. The van der Waals surface area contributed by atoms with Crippen molar-refractivity contribution in [2.24, 2.45) is 0 Å². The van der Waals surface area contributed by atoms with Gasteiger partial charge in [0.2, 0.25) is 10.0 Å². The van der Waals surface area contributed by atoms with Gasteiger partial charge in [0.15, 0.2) is 9.84 Å². The molecule has 0 atom stereocenters. The monoisotopic (exact) mass is 396 g/mol. The molecule has 0 aromatic heterocycles. The normalized spacial score (nSPS) is 20.1. The number of nitrogen functional groups attached to an aromatic ring is 1. The molecule has 1 heterocycles. The smallest absolute Gasteiger partial charge is 0.243 e. The van der Waals surface area contributed by atoms with Crippen molar-refractivity contribution in [1.82, 2.24) is 4.31 Å². The third-order valence-corrected chi connectivity index (χ3v) is 7.87. The van der Waals surface area contributed by atoms with Crippen molar-refractivity contribution < 1.29 is 16.8 Å². The first-order valence-electron chi connectivity index (χ1n) is 6.40. The highest BCUT2D eigenvalue weighted by molar-refractivity contribution is 9.10. The molecule has 0 amide bonds. The lowest BCUT2D eigenvalue weighted by Gasteiger charge is -2.21. The molecule has 118 valence electrons. The number of halogens is 1. The average molecular weight is 397 g/mol. The maximum atomic E-state index is 12.7. The number of hydrogen-bond donors (Lipinski definition) is 1. The van der Waals surface area contributed by atoms with Gasteiger partial charge in [0.1, 0.15) is 0 Å². The number of aryl methyl sites for hydroxylation is 1. The fourth-order valence-electron chi connectivity index (χ4n) is 2.24. The molecule has 2 rings (SSSR count). The van der Waals surface area contributed by atoms with Crippen molar-refractivity contribution in [3.63, 3.8) is 0 Å². The molecule has 0 saturated carbocycles. The fraction of sp³-hybridized carbons (Fsp3) is 0.500. The quantitative estimate of drug-likeness (QED) is 0.755. The lowest BCUT2D eigenvalue weighted by molar-refractivity contribution is 0.434. The molecule has 1 aromatic carbocycles. The fourth-order valence-corrected chi connectivity index (χ4v) is 5.81. The minimum absolute atomic E-state index is 0.0138. The molecule has 0 radical (unpaired) electrons. The molecular weight excluding hydrogens is 380 g/mol. The molecule has 0 unspecified atom stereocenters. The Hall–Kier alpha value is -0.640. The molecule has 1 aromatic rings. The second-order valence-corrected chi connectivity index (χ2v) is 10.1. The number of benzene rings is 1. The van der Waals surface area contributed by atoms with Gasteiger partial charge in [-0.3, -0.25) is 0 Å². The van der Waals surface area contributed by atoms with Gasteiger partial charge in [0.25, 0.3) is 0 Å². The first-order chi connectivity index (χ1) is 9.63. The predicted octanol–water partition coefficient (Wildman–Crippen LogP) is 1.15. The number of nitrogens with zero attached hydrogens (tertiary/aromatic N) is 1. The Labute approximate surface area is 133 Å². The van der Waals surface area contributed by atoms with Gasteiger partial charge < -0.3 is 5.73 Å². The largest absolute Gasteiger partial charge is 0.398 e. The molecule has 6 nitrogen and oxygen atoms in total. The molecule has 1 fully saturated rings. The maximum Gasteiger partial charge on any atom is 0.243 e. The van der Waals surface area contributed by atoms with Crippen LogP contribution in [0.25, 0.3) is 0 Å². The minimum atomic E-state index is -3.74. The Kier molecular flexibility index (Phi) is 4.67. The maximum absolute atomic E-state index is 12.7. The third-order valence-electron chi connectivity index (χ3n) is 3.43. The number of rotatable bonds is 2. The van der Waals surface area contributed by atoms with Crippen LogP contribution in [0.4, 0.5) is 5.69 Å². The van der Waals surface area contributed by atoms with Crippen molar-refractivity contribution in [2.45, 2.75) is 18.2 Å². The summed E-state index contributed by atoms with van der Waals surface area (Å²) in [4.78, 5) is 0.127. The van der Waals surface area contributed by atoms with E-state index in [9.17, 15) is 16.8 Å². The Morgan fingerprint density at radius 2 is 1.90 bits per heavy atom. The highest BCUT2D eigenvalue weighted by Crippen LogP contribution is 2.29. The van der Waals surface area contributed by atoms with E-state index in [-0.39, 0.29) is 29.5 Å². The molecule has 1 saturated heterocycles. The van der Waals surface area contributed by atoms with E-state index in [1.807, 2.05) is 0 Å². The van der Waals surface area contributed by atoms with Gasteiger partial charge >= 0.3 is 0 Å². The number of nitrogens with two attached hydrogens (primary N) is 1. The number of hydrogen-bond acceptors (Lipinski definition) is 5. The molecule has 21 heavy (non-hydrogen) atoms. The molecule has 0 spiro atoms. The highest BCUT2D eigenvalue weighted by atomic mass is 79.9. The zero-order valence-corrected chi connectivity index (χ0v) is 14.8. The molecular formula is C12H17BrN2O4S2. The van der Waals surface area contributed by atoms with Crippen LogP contribution >= 0.6 is 15.9 Å². The lowest BCUT2D eigenvalue weighted by atomic mass is 10.2. The van der Waals surface area contributed by atoms with E-state index in [1.165, 1.54) is 10.4 Å². The van der Waals surface area contributed by atoms with Gasteiger partial charge in [0, 0.05) is 23.2 Å². The lowest BCUT2D eigenvalue weighted by Crippen LogP contribution is -2.34. The minimum Gasteiger partial charge on any atom is -0.398 e. The van der Waals surface area contributed by atoms with Gasteiger partial charge in [-0.1, -0.05) is 0 Å². The van der Waals surface area contributed by atoms with Gasteiger partial charge in [-0.05, 0) is 47.0 Å². The van der Waals surface area contributed by atoms with Crippen LogP contribution < -0.4 is 5.73 Å². The zero-order chi connectivity index (χ0) is 15.8. The first-order valence-corrected chi connectivity index (χ1v) is 10.4. The van der Waals surface area contributed by atoms with E-state index >= 15 is 0 Å². The van der Waals surface area contributed by atoms with Crippen LogP contribution in [0.1, 0.15) is 12.0 Å². The van der Waals surface area contributed by atoms with Crippen molar-refractivity contribution >= 4 is 41.5 Å². The Morgan fingerprint density at radius 1 is 1.24 bits per heavy atom. The molecule has 9 heteroatoms. The third kappa shape index (κ3) is 3.58. The van der Waals surface area contributed by atoms with E-state index in [1.54, 1.807) is 13.0 Å². The second-order valence-electron chi connectivity index (χ2n) is 5.05. The van der Waals surface area contributed by atoms with Crippen molar-refractivity contribution in [3.05, 3.63) is 22.2 Å². The Bertz CT molecular complexity index is 760. The van der Waals surface area contributed by atoms with Crippen molar-refractivity contribution in [2.75, 3.05) is 30.3 Å². The standard InChI is InChI=1S/C12H17BrN2O4S2/c1-9-7-10(13)11(14)8-12(9)21(18,19)15-3-2-5-20(16,17)6-4-15/h7-8H,2-6,14H2,1H3. The predicted molar refractivity (Wildman–Crippen MR) is 85.3 cm³/mol. The summed E-state index contributed by atoms with van der Waals surface area (Å²) in [7, 11) is -6.90. The summed E-state index contributed by atoms with van der Waals surface area (Å²) < 4.78 is 50.5. The van der Waals surface area contributed by atoms with E-state index in [0.29, 0.717) is 22.1 Å². The van der Waals surface area contributed by atoms with Gasteiger partial charge in [0.05, 0.1) is 16.4 Å². The average Bonchev–Trinajstić information content (AvgIpc) is 2.55. The summed E-state index contributed by atoms with van der Waals surface area (Å²) in [6.07, 6.45) is 0.312. The number of sulfone groups is 1. The SMILES string of the molecule is Cc1cc(Br)c(N)cc1S(=O)(=O)N1CCCS(=O)(=O)CC1. The number of sulfonamides is 1. The van der Waals surface area contributed by atoms with Crippen LogP contribution in [0.15, 0.2) is 21.5 Å². The van der Waals surface area contributed by atoms with Gasteiger partial charge in [-0.15, -0.1) is 0 Å². The van der Waals surface area contributed by atoms with Crippen LogP contribution in [0.2, 0.25) is 0 Å². The Balaban J connectivity index is 2.41. The van der Waals surface area contributed by atoms with Crippen LogP contribution in [0.5, 0.6) is 0 Å². The topological polar surface area (TPSA) is 97.5 Å². The Morgan fingerprint density at radius 3 is 2.57 bits per heavy atom.